The predicted molar refractivity (Wildman–Crippen MR) is 82.4 cm³/mol. The first-order valence-corrected chi connectivity index (χ1v) is 7.63. The molecule has 108 valence electrons. The fourth-order valence-corrected chi connectivity index (χ4v) is 3.41. The van der Waals surface area contributed by atoms with Crippen molar-refractivity contribution in [2.45, 2.75) is 39.4 Å². The Morgan fingerprint density at radius 1 is 1.35 bits per heavy atom. The van der Waals surface area contributed by atoms with Crippen molar-refractivity contribution in [3.8, 4) is 0 Å². The Kier molecular flexibility index (Phi) is 3.76. The first kappa shape index (κ1) is 13.6. The van der Waals surface area contributed by atoms with Crippen LogP contribution in [0.1, 0.15) is 26.0 Å². The Labute approximate surface area is 120 Å². The van der Waals surface area contributed by atoms with Gasteiger partial charge in [0.25, 0.3) is 0 Å². The van der Waals surface area contributed by atoms with Crippen molar-refractivity contribution < 1.29 is 0 Å². The molecule has 1 aliphatic rings. The lowest BCUT2D eigenvalue weighted by molar-refractivity contribution is 0.226. The zero-order chi connectivity index (χ0) is 14.1. The SMILES string of the molecule is CCn1nc(CN2CCC(C)C2CN)c2ccccc21. The van der Waals surface area contributed by atoms with E-state index in [0.29, 0.717) is 12.0 Å². The minimum atomic E-state index is 0.500. The standard InChI is InChI=1S/C16H24N4/c1-3-20-15-7-5-4-6-13(15)14(18-20)11-19-9-8-12(2)16(19)10-17/h4-7,12,16H,3,8-11,17H2,1-2H3. The molecule has 0 aliphatic carbocycles. The minimum absolute atomic E-state index is 0.500. The maximum Gasteiger partial charge on any atom is 0.0843 e. The number of hydrogen-bond donors (Lipinski definition) is 1. The van der Waals surface area contributed by atoms with E-state index in [1.54, 1.807) is 0 Å². The third-order valence-electron chi connectivity index (χ3n) is 4.63. The van der Waals surface area contributed by atoms with Crippen LogP contribution >= 0.6 is 0 Å². The maximum atomic E-state index is 5.95. The lowest BCUT2D eigenvalue weighted by Gasteiger charge is -2.24. The number of aryl methyl sites for hydroxylation is 1. The van der Waals surface area contributed by atoms with Gasteiger partial charge in [-0.2, -0.15) is 5.10 Å². The van der Waals surface area contributed by atoms with E-state index in [1.165, 1.54) is 23.0 Å². The first-order valence-electron chi connectivity index (χ1n) is 7.63. The highest BCUT2D eigenvalue weighted by atomic mass is 15.3. The number of nitrogens with two attached hydrogens (primary N) is 1. The summed E-state index contributed by atoms with van der Waals surface area (Å²) < 4.78 is 2.10. The van der Waals surface area contributed by atoms with E-state index in [2.05, 4.69) is 47.7 Å². The molecule has 0 bridgehead atoms. The van der Waals surface area contributed by atoms with Crippen molar-refractivity contribution in [2.24, 2.45) is 11.7 Å². The lowest BCUT2D eigenvalue weighted by Crippen LogP contribution is -2.38. The Morgan fingerprint density at radius 3 is 2.90 bits per heavy atom. The maximum absolute atomic E-state index is 5.95. The molecule has 0 radical (unpaired) electrons. The molecule has 1 aromatic heterocycles. The van der Waals surface area contributed by atoms with Gasteiger partial charge in [-0.05, 0) is 31.9 Å². The Morgan fingerprint density at radius 2 is 2.15 bits per heavy atom. The Bertz CT molecular complexity index is 589. The molecular formula is C16H24N4. The molecule has 0 amide bonds. The number of fused-ring (bicyclic) bond motifs is 1. The molecule has 3 rings (SSSR count). The molecule has 2 unspecified atom stereocenters. The number of likely N-dealkylation sites (tertiary alicyclic amines) is 1. The number of hydrogen-bond acceptors (Lipinski definition) is 3. The smallest absolute Gasteiger partial charge is 0.0843 e. The summed E-state index contributed by atoms with van der Waals surface area (Å²) in [5.41, 5.74) is 8.37. The van der Waals surface area contributed by atoms with Crippen LogP contribution in [0.5, 0.6) is 0 Å². The van der Waals surface area contributed by atoms with Crippen molar-refractivity contribution in [3.63, 3.8) is 0 Å². The monoisotopic (exact) mass is 272 g/mol. The van der Waals surface area contributed by atoms with Gasteiger partial charge in [0.1, 0.15) is 0 Å². The second-order valence-corrected chi connectivity index (χ2v) is 5.82. The van der Waals surface area contributed by atoms with Crippen LogP contribution in [0.15, 0.2) is 24.3 Å². The molecule has 1 aliphatic heterocycles. The van der Waals surface area contributed by atoms with Gasteiger partial charge in [-0.1, -0.05) is 25.1 Å². The van der Waals surface area contributed by atoms with E-state index in [1.807, 2.05) is 0 Å². The summed E-state index contributed by atoms with van der Waals surface area (Å²) in [6.07, 6.45) is 1.24. The van der Waals surface area contributed by atoms with Crippen molar-refractivity contribution >= 4 is 10.9 Å². The molecule has 2 atom stereocenters. The predicted octanol–water partition coefficient (Wildman–Crippen LogP) is 2.23. The molecule has 1 saturated heterocycles. The molecule has 20 heavy (non-hydrogen) atoms. The highest BCUT2D eigenvalue weighted by Crippen LogP contribution is 2.27. The summed E-state index contributed by atoms with van der Waals surface area (Å²) >= 11 is 0. The topological polar surface area (TPSA) is 47.1 Å². The Hall–Kier alpha value is -1.39. The largest absolute Gasteiger partial charge is 0.329 e. The molecule has 1 aromatic carbocycles. The van der Waals surface area contributed by atoms with E-state index < -0.39 is 0 Å². The van der Waals surface area contributed by atoms with E-state index >= 15 is 0 Å². The number of nitrogens with zero attached hydrogens (tertiary/aromatic N) is 3. The summed E-state index contributed by atoms with van der Waals surface area (Å²) in [5.74, 6) is 0.694. The number of aromatic nitrogens is 2. The van der Waals surface area contributed by atoms with Crippen LogP contribution in [0.2, 0.25) is 0 Å². The zero-order valence-electron chi connectivity index (χ0n) is 12.4. The van der Waals surface area contributed by atoms with Crippen LogP contribution in [-0.4, -0.2) is 33.8 Å². The van der Waals surface area contributed by atoms with Crippen LogP contribution in [-0.2, 0) is 13.1 Å². The Balaban J connectivity index is 1.91. The van der Waals surface area contributed by atoms with Crippen LogP contribution in [0.3, 0.4) is 0 Å². The molecule has 1 fully saturated rings. The van der Waals surface area contributed by atoms with Gasteiger partial charge in [0.05, 0.1) is 11.2 Å². The zero-order valence-corrected chi connectivity index (χ0v) is 12.4. The van der Waals surface area contributed by atoms with E-state index in [4.69, 9.17) is 10.8 Å². The second-order valence-electron chi connectivity index (χ2n) is 5.82. The molecular weight excluding hydrogens is 248 g/mol. The number of rotatable bonds is 4. The van der Waals surface area contributed by atoms with Crippen LogP contribution < -0.4 is 5.73 Å². The van der Waals surface area contributed by atoms with Gasteiger partial charge in [0.2, 0.25) is 0 Å². The highest BCUT2D eigenvalue weighted by Gasteiger charge is 2.30. The number of para-hydroxylation sites is 1. The average molecular weight is 272 g/mol. The van der Waals surface area contributed by atoms with Gasteiger partial charge in [-0.15, -0.1) is 0 Å². The van der Waals surface area contributed by atoms with Crippen molar-refractivity contribution in [2.75, 3.05) is 13.1 Å². The van der Waals surface area contributed by atoms with Gasteiger partial charge >= 0.3 is 0 Å². The van der Waals surface area contributed by atoms with Crippen LogP contribution in [0, 0.1) is 5.92 Å². The van der Waals surface area contributed by atoms with Gasteiger partial charge < -0.3 is 5.73 Å². The van der Waals surface area contributed by atoms with Gasteiger partial charge in [0, 0.05) is 31.1 Å². The molecule has 0 spiro atoms. The third kappa shape index (κ3) is 2.23. The number of benzene rings is 1. The van der Waals surface area contributed by atoms with E-state index in [0.717, 1.165) is 26.2 Å². The summed E-state index contributed by atoms with van der Waals surface area (Å²) in [4.78, 5) is 2.50. The van der Waals surface area contributed by atoms with Gasteiger partial charge in [0.15, 0.2) is 0 Å². The highest BCUT2D eigenvalue weighted by molar-refractivity contribution is 5.81. The molecule has 4 heteroatoms. The van der Waals surface area contributed by atoms with Crippen LogP contribution in [0.25, 0.3) is 10.9 Å². The molecule has 2 heterocycles. The fraction of sp³-hybridized carbons (Fsp3) is 0.562. The summed E-state index contributed by atoms with van der Waals surface area (Å²) in [7, 11) is 0. The average Bonchev–Trinajstić information content (AvgIpc) is 3.01. The van der Waals surface area contributed by atoms with Crippen molar-refractivity contribution in [3.05, 3.63) is 30.0 Å². The minimum Gasteiger partial charge on any atom is -0.329 e. The second kappa shape index (κ2) is 5.54. The van der Waals surface area contributed by atoms with Crippen molar-refractivity contribution in [1.29, 1.82) is 0 Å². The fourth-order valence-electron chi connectivity index (χ4n) is 3.41. The van der Waals surface area contributed by atoms with Gasteiger partial charge in [-0.25, -0.2) is 0 Å². The van der Waals surface area contributed by atoms with Crippen LogP contribution in [0.4, 0.5) is 0 Å². The third-order valence-corrected chi connectivity index (χ3v) is 4.63. The lowest BCUT2D eigenvalue weighted by atomic mass is 10.0. The molecule has 2 aromatic rings. The summed E-state index contributed by atoms with van der Waals surface area (Å²) in [6, 6.07) is 9.02. The van der Waals surface area contributed by atoms with E-state index in [-0.39, 0.29) is 0 Å². The van der Waals surface area contributed by atoms with Crippen molar-refractivity contribution in [1.82, 2.24) is 14.7 Å². The molecule has 4 nitrogen and oxygen atoms in total. The quantitative estimate of drug-likeness (QED) is 0.928. The normalized spacial score (nSPS) is 23.8. The summed E-state index contributed by atoms with van der Waals surface area (Å²) in [6.45, 7) is 8.16. The summed E-state index contributed by atoms with van der Waals surface area (Å²) in [5, 5.41) is 6.08. The van der Waals surface area contributed by atoms with E-state index in [9.17, 15) is 0 Å². The molecule has 0 saturated carbocycles. The molecule has 2 N–H and O–H groups in total. The first-order chi connectivity index (χ1) is 9.74. The van der Waals surface area contributed by atoms with Gasteiger partial charge in [-0.3, -0.25) is 9.58 Å².